The van der Waals surface area contributed by atoms with Crippen LogP contribution in [0, 0.1) is 0 Å². The van der Waals surface area contributed by atoms with E-state index in [9.17, 15) is 28.2 Å². The van der Waals surface area contributed by atoms with Crippen molar-refractivity contribution in [1.82, 2.24) is 4.98 Å². The monoisotopic (exact) mass is 280 g/mol. The van der Waals surface area contributed by atoms with Crippen molar-refractivity contribution in [2.24, 2.45) is 0 Å². The zero-order valence-corrected chi connectivity index (χ0v) is 9.42. The van der Waals surface area contributed by atoms with E-state index in [1.165, 1.54) is 0 Å². The first-order valence-electron chi connectivity index (χ1n) is 5.03. The predicted octanol–water partition coefficient (Wildman–Crippen LogP) is 0.552. The summed E-state index contributed by atoms with van der Waals surface area (Å²) in [5.74, 6) is -2.16. The second-order valence-corrected chi connectivity index (χ2v) is 3.81. The molecule has 2 atom stereocenters. The van der Waals surface area contributed by atoms with Gasteiger partial charge in [-0.15, -0.1) is 0 Å². The largest absolute Gasteiger partial charge is 0.481 e. The molecule has 1 aromatic rings. The molecule has 0 saturated carbocycles. The third-order valence-corrected chi connectivity index (χ3v) is 2.33. The molecule has 1 rings (SSSR count). The number of anilines is 1. The summed E-state index contributed by atoms with van der Waals surface area (Å²) in [7, 11) is 0. The predicted molar refractivity (Wildman–Crippen MR) is 56.9 cm³/mol. The number of nitrogens with two attached hydrogens (primary N) is 1. The zero-order valence-electron chi connectivity index (χ0n) is 9.42. The van der Waals surface area contributed by atoms with Crippen molar-refractivity contribution in [3.63, 3.8) is 0 Å². The summed E-state index contributed by atoms with van der Waals surface area (Å²) in [5, 5.41) is 27.3. The highest BCUT2D eigenvalue weighted by molar-refractivity contribution is 5.67. The Balaban J connectivity index is 3.05. The number of aromatic nitrogens is 1. The fraction of sp³-hybridized carbons (Fsp3) is 0.400. The number of halogens is 3. The van der Waals surface area contributed by atoms with Gasteiger partial charge in [0.25, 0.3) is 0 Å². The van der Waals surface area contributed by atoms with E-state index in [4.69, 9.17) is 10.8 Å². The Morgan fingerprint density at radius 1 is 1.42 bits per heavy atom. The number of hydrogen-bond donors (Lipinski definition) is 4. The Kier molecular flexibility index (Phi) is 4.32. The lowest BCUT2D eigenvalue weighted by Gasteiger charge is -2.18. The molecule has 0 radical (unpaired) electrons. The number of hydrogen-bond acceptors (Lipinski definition) is 5. The number of aliphatic hydroxyl groups is 2. The maximum Gasteiger partial charge on any atom is 0.419 e. The third-order valence-electron chi connectivity index (χ3n) is 2.33. The minimum atomic E-state index is -4.76. The van der Waals surface area contributed by atoms with Crippen molar-refractivity contribution in [2.75, 3.05) is 5.73 Å². The van der Waals surface area contributed by atoms with Crippen LogP contribution in [0.1, 0.15) is 23.7 Å². The number of alkyl halides is 3. The molecule has 0 aliphatic heterocycles. The van der Waals surface area contributed by atoms with Gasteiger partial charge in [0, 0.05) is 11.8 Å². The number of rotatable bonds is 4. The minimum absolute atomic E-state index is 0.365. The fourth-order valence-electron chi connectivity index (χ4n) is 1.39. The third kappa shape index (κ3) is 3.80. The van der Waals surface area contributed by atoms with Gasteiger partial charge in [0.1, 0.15) is 11.9 Å². The van der Waals surface area contributed by atoms with Crippen LogP contribution in [0.2, 0.25) is 0 Å². The molecular formula is C10H11F3N2O4. The minimum Gasteiger partial charge on any atom is -0.481 e. The standard InChI is InChI=1S/C10H11F3N2O4/c11-10(12,13)5-1-4(3-15-9(5)14)8(19)6(16)2-7(17)18/h1,3,6,8,16,19H,2H2,(H2,14,15)(H,17,18). The van der Waals surface area contributed by atoms with Crippen LogP contribution in [-0.2, 0) is 11.0 Å². The Bertz CT molecular complexity index is 478. The average molecular weight is 280 g/mol. The number of aliphatic hydroxyl groups excluding tert-OH is 2. The molecule has 2 unspecified atom stereocenters. The fourth-order valence-corrected chi connectivity index (χ4v) is 1.39. The number of nitrogens with zero attached hydrogens (tertiary/aromatic N) is 1. The SMILES string of the molecule is Nc1ncc(C(O)C(O)CC(=O)O)cc1C(F)(F)F. The van der Waals surface area contributed by atoms with E-state index in [2.05, 4.69) is 4.98 Å². The van der Waals surface area contributed by atoms with Crippen molar-refractivity contribution < 1.29 is 33.3 Å². The molecule has 0 saturated heterocycles. The normalized spacial score (nSPS) is 15.0. The van der Waals surface area contributed by atoms with E-state index in [1.807, 2.05) is 0 Å². The molecule has 106 valence electrons. The van der Waals surface area contributed by atoms with Crippen molar-refractivity contribution in [1.29, 1.82) is 0 Å². The first-order chi connectivity index (χ1) is 8.62. The van der Waals surface area contributed by atoms with E-state index in [0.29, 0.717) is 6.07 Å². The highest BCUT2D eigenvalue weighted by atomic mass is 19.4. The van der Waals surface area contributed by atoms with Crippen LogP contribution in [0.25, 0.3) is 0 Å². The number of nitrogen functional groups attached to an aromatic ring is 1. The summed E-state index contributed by atoms with van der Waals surface area (Å²) in [6.07, 6.45) is -8.27. The topological polar surface area (TPSA) is 117 Å². The summed E-state index contributed by atoms with van der Waals surface area (Å²) in [5.41, 5.74) is 3.44. The summed E-state index contributed by atoms with van der Waals surface area (Å²) < 4.78 is 37.6. The Morgan fingerprint density at radius 2 is 2.00 bits per heavy atom. The smallest absolute Gasteiger partial charge is 0.419 e. The van der Waals surface area contributed by atoms with Gasteiger partial charge >= 0.3 is 12.1 Å². The lowest BCUT2D eigenvalue weighted by Crippen LogP contribution is -2.22. The lowest BCUT2D eigenvalue weighted by molar-refractivity contribution is -0.141. The molecule has 9 heteroatoms. The van der Waals surface area contributed by atoms with Gasteiger partial charge in [0.2, 0.25) is 0 Å². The maximum absolute atomic E-state index is 12.5. The summed E-state index contributed by atoms with van der Waals surface area (Å²) in [6.45, 7) is 0. The molecule has 0 bridgehead atoms. The summed E-state index contributed by atoms with van der Waals surface area (Å²) in [4.78, 5) is 13.6. The van der Waals surface area contributed by atoms with E-state index in [0.717, 1.165) is 6.20 Å². The van der Waals surface area contributed by atoms with E-state index >= 15 is 0 Å². The quantitative estimate of drug-likeness (QED) is 0.640. The maximum atomic E-state index is 12.5. The van der Waals surface area contributed by atoms with Crippen molar-refractivity contribution >= 4 is 11.8 Å². The van der Waals surface area contributed by atoms with Gasteiger partial charge in [0.15, 0.2) is 0 Å². The molecule has 0 amide bonds. The van der Waals surface area contributed by atoms with Crippen molar-refractivity contribution in [3.05, 3.63) is 23.4 Å². The van der Waals surface area contributed by atoms with Gasteiger partial charge < -0.3 is 21.1 Å². The number of carboxylic acids is 1. The molecule has 19 heavy (non-hydrogen) atoms. The Hall–Kier alpha value is -1.87. The molecule has 0 aromatic carbocycles. The molecule has 1 heterocycles. The Labute approximate surface area is 105 Å². The Morgan fingerprint density at radius 3 is 2.47 bits per heavy atom. The zero-order chi connectivity index (χ0) is 14.8. The molecule has 0 aliphatic carbocycles. The second kappa shape index (κ2) is 5.41. The second-order valence-electron chi connectivity index (χ2n) is 3.81. The molecule has 1 aromatic heterocycles. The highest BCUT2D eigenvalue weighted by Gasteiger charge is 2.35. The summed E-state index contributed by atoms with van der Waals surface area (Å²) in [6, 6.07) is 0.526. The number of carbonyl (C=O) groups is 1. The van der Waals surface area contributed by atoms with Crippen molar-refractivity contribution in [3.8, 4) is 0 Å². The molecule has 5 N–H and O–H groups in total. The van der Waals surface area contributed by atoms with E-state index < -0.39 is 42.2 Å². The molecule has 0 aliphatic rings. The number of pyridine rings is 1. The average Bonchev–Trinajstić information content (AvgIpc) is 2.26. The van der Waals surface area contributed by atoms with Crippen LogP contribution in [0.15, 0.2) is 12.3 Å². The van der Waals surface area contributed by atoms with Gasteiger partial charge in [-0.3, -0.25) is 4.79 Å². The van der Waals surface area contributed by atoms with Crippen LogP contribution in [-0.4, -0.2) is 32.4 Å². The first kappa shape index (κ1) is 15.2. The highest BCUT2D eigenvalue weighted by Crippen LogP contribution is 2.34. The number of aliphatic carboxylic acids is 1. The van der Waals surface area contributed by atoms with E-state index in [1.54, 1.807) is 0 Å². The molecule has 0 fully saturated rings. The van der Waals surface area contributed by atoms with Gasteiger partial charge in [-0.1, -0.05) is 0 Å². The van der Waals surface area contributed by atoms with Gasteiger partial charge in [0.05, 0.1) is 18.1 Å². The van der Waals surface area contributed by atoms with Crippen LogP contribution in [0.4, 0.5) is 19.0 Å². The van der Waals surface area contributed by atoms with Gasteiger partial charge in [-0.2, -0.15) is 13.2 Å². The van der Waals surface area contributed by atoms with Crippen molar-refractivity contribution in [2.45, 2.75) is 24.8 Å². The van der Waals surface area contributed by atoms with E-state index in [-0.39, 0.29) is 5.56 Å². The number of carboxylic acid groups (broad SMARTS) is 1. The molecule has 6 nitrogen and oxygen atoms in total. The van der Waals surface area contributed by atoms with Gasteiger partial charge in [-0.25, -0.2) is 4.98 Å². The van der Waals surface area contributed by atoms with Crippen LogP contribution in [0.5, 0.6) is 0 Å². The van der Waals surface area contributed by atoms with Crippen LogP contribution < -0.4 is 5.73 Å². The first-order valence-corrected chi connectivity index (χ1v) is 5.03. The van der Waals surface area contributed by atoms with Crippen LogP contribution in [0.3, 0.4) is 0 Å². The summed E-state index contributed by atoms with van der Waals surface area (Å²) >= 11 is 0. The lowest BCUT2D eigenvalue weighted by atomic mass is 10.0. The van der Waals surface area contributed by atoms with Gasteiger partial charge in [-0.05, 0) is 6.07 Å². The molecule has 0 spiro atoms. The molecular weight excluding hydrogens is 269 g/mol. The van der Waals surface area contributed by atoms with Crippen LogP contribution >= 0.6 is 0 Å².